The zero-order valence-electron chi connectivity index (χ0n) is 16.8. The lowest BCUT2D eigenvalue weighted by Gasteiger charge is -2.33. The molecule has 29 heavy (non-hydrogen) atoms. The number of hydrogen-bond acceptors (Lipinski definition) is 5. The van der Waals surface area contributed by atoms with Gasteiger partial charge in [0.05, 0.1) is 6.04 Å². The number of carbonyl (C=O) groups excluding carboxylic acids is 1. The van der Waals surface area contributed by atoms with Gasteiger partial charge in [-0.05, 0) is 43.5 Å². The highest BCUT2D eigenvalue weighted by atomic mass is 32.2. The Hall–Kier alpha value is -2.80. The van der Waals surface area contributed by atoms with Gasteiger partial charge in [-0.3, -0.25) is 4.79 Å². The van der Waals surface area contributed by atoms with E-state index in [1.807, 2.05) is 35.9 Å². The molecule has 0 aliphatic carbocycles. The molecule has 0 bridgehead atoms. The average molecular weight is 408 g/mol. The summed E-state index contributed by atoms with van der Waals surface area (Å²) in [5, 5.41) is 12.0. The van der Waals surface area contributed by atoms with Gasteiger partial charge in [-0.1, -0.05) is 60.6 Å². The summed E-state index contributed by atoms with van der Waals surface area (Å²) in [6.45, 7) is 6.19. The number of hydrogen-bond donors (Lipinski definition) is 2. The van der Waals surface area contributed by atoms with Gasteiger partial charge in [0.15, 0.2) is 5.82 Å². The monoisotopic (exact) mass is 407 g/mol. The molecule has 1 aliphatic rings. The number of aryl methyl sites for hydroxylation is 3. The van der Waals surface area contributed by atoms with Crippen molar-refractivity contribution in [1.29, 1.82) is 0 Å². The summed E-state index contributed by atoms with van der Waals surface area (Å²) >= 11 is 1.46. The molecule has 1 aromatic heterocycles. The van der Waals surface area contributed by atoms with E-state index < -0.39 is 0 Å². The fourth-order valence-corrected chi connectivity index (χ4v) is 4.54. The Balaban J connectivity index is 1.66. The van der Waals surface area contributed by atoms with Crippen LogP contribution in [0.25, 0.3) is 0 Å². The summed E-state index contributed by atoms with van der Waals surface area (Å²) in [7, 11) is 0. The number of anilines is 1. The van der Waals surface area contributed by atoms with Gasteiger partial charge < -0.3 is 10.7 Å². The number of amides is 1. The van der Waals surface area contributed by atoms with E-state index in [-0.39, 0.29) is 17.2 Å². The summed E-state index contributed by atoms with van der Waals surface area (Å²) in [6.07, 6.45) is 1.82. The molecule has 0 fully saturated rings. The van der Waals surface area contributed by atoms with Gasteiger partial charge in [0.25, 0.3) is 0 Å². The first kappa shape index (κ1) is 19.5. The lowest BCUT2D eigenvalue weighted by molar-refractivity contribution is -0.116. The van der Waals surface area contributed by atoms with Crippen LogP contribution in [-0.4, -0.2) is 26.0 Å². The van der Waals surface area contributed by atoms with Crippen LogP contribution in [0.2, 0.25) is 0 Å². The molecule has 7 heteroatoms. The van der Waals surface area contributed by atoms with E-state index in [9.17, 15) is 4.79 Å². The normalized spacial score (nSPS) is 18.0. The number of nitrogens with zero attached hydrogens (tertiary/aromatic N) is 3. The Bertz CT molecular complexity index is 1010. The first-order valence-electron chi connectivity index (χ1n) is 9.86. The second kappa shape index (κ2) is 8.29. The van der Waals surface area contributed by atoms with Crippen molar-refractivity contribution in [3.63, 3.8) is 0 Å². The van der Waals surface area contributed by atoms with Crippen LogP contribution < -0.4 is 10.7 Å². The minimum absolute atomic E-state index is 0.0510. The molecule has 1 aliphatic heterocycles. The summed E-state index contributed by atoms with van der Waals surface area (Å²) in [5.41, 5.74) is 7.67. The van der Waals surface area contributed by atoms with Crippen LogP contribution in [0.4, 0.5) is 5.69 Å². The van der Waals surface area contributed by atoms with Crippen molar-refractivity contribution in [3.8, 4) is 0 Å². The molecule has 4 rings (SSSR count). The largest absolute Gasteiger partial charge is 0.325 e. The summed E-state index contributed by atoms with van der Waals surface area (Å²) in [5.74, 6) is 0.842. The fourth-order valence-electron chi connectivity index (χ4n) is 3.44. The Labute approximate surface area is 175 Å². The van der Waals surface area contributed by atoms with Crippen LogP contribution in [0, 0.1) is 13.8 Å². The van der Waals surface area contributed by atoms with Crippen LogP contribution >= 0.6 is 11.8 Å². The van der Waals surface area contributed by atoms with Gasteiger partial charge in [0.2, 0.25) is 11.1 Å². The standard InChI is InChI=1S/C22H25N5OS/c1-4-6-18-24-25-22-27(18)26-19(16-11-9-14(2)10-12-16)20(29-22)21(28)23-17-8-5-7-15(3)13-17/h5,7-13,19-20,26H,4,6H2,1-3H3,(H,23,28)/t19-,20-/m1/s1. The minimum atomic E-state index is -0.371. The van der Waals surface area contributed by atoms with E-state index >= 15 is 0 Å². The number of carbonyl (C=O) groups is 1. The van der Waals surface area contributed by atoms with Crippen molar-refractivity contribution in [1.82, 2.24) is 14.9 Å². The van der Waals surface area contributed by atoms with Crippen LogP contribution in [0.1, 0.15) is 41.9 Å². The Kier molecular flexibility index (Phi) is 5.58. The highest BCUT2D eigenvalue weighted by Crippen LogP contribution is 2.37. The number of nitrogens with one attached hydrogen (secondary N) is 2. The zero-order valence-corrected chi connectivity index (χ0v) is 17.7. The van der Waals surface area contributed by atoms with Crippen LogP contribution in [0.15, 0.2) is 53.7 Å². The van der Waals surface area contributed by atoms with Gasteiger partial charge in [-0.2, -0.15) is 0 Å². The highest BCUT2D eigenvalue weighted by Gasteiger charge is 2.37. The molecule has 6 nitrogen and oxygen atoms in total. The maximum atomic E-state index is 13.2. The van der Waals surface area contributed by atoms with Crippen molar-refractivity contribution >= 4 is 23.4 Å². The molecule has 0 unspecified atom stereocenters. The summed E-state index contributed by atoms with van der Waals surface area (Å²) in [6, 6.07) is 16.0. The second-order valence-electron chi connectivity index (χ2n) is 7.40. The Morgan fingerprint density at radius 3 is 2.66 bits per heavy atom. The lowest BCUT2D eigenvalue weighted by atomic mass is 10.0. The van der Waals surface area contributed by atoms with Gasteiger partial charge in [0, 0.05) is 12.1 Å². The molecule has 2 aromatic carbocycles. The number of thioether (sulfide) groups is 1. The minimum Gasteiger partial charge on any atom is -0.325 e. The molecule has 2 N–H and O–H groups in total. The lowest BCUT2D eigenvalue weighted by Crippen LogP contribution is -2.41. The number of benzene rings is 2. The fraction of sp³-hybridized carbons (Fsp3) is 0.318. The maximum absolute atomic E-state index is 13.2. The molecule has 2 heterocycles. The van der Waals surface area contributed by atoms with E-state index in [0.29, 0.717) is 0 Å². The van der Waals surface area contributed by atoms with Crippen LogP contribution in [-0.2, 0) is 11.2 Å². The van der Waals surface area contributed by atoms with Crippen molar-refractivity contribution in [3.05, 3.63) is 71.0 Å². The Morgan fingerprint density at radius 1 is 1.14 bits per heavy atom. The quantitative estimate of drug-likeness (QED) is 0.662. The SMILES string of the molecule is CCCc1nnc2n1N[C@H](c1ccc(C)cc1)[C@H](C(=O)Nc1cccc(C)c1)S2. The third-order valence-electron chi connectivity index (χ3n) is 4.96. The van der Waals surface area contributed by atoms with Crippen molar-refractivity contribution < 1.29 is 4.79 Å². The second-order valence-corrected chi connectivity index (χ2v) is 8.51. The van der Waals surface area contributed by atoms with Crippen molar-refractivity contribution in [2.24, 2.45) is 0 Å². The number of rotatable bonds is 5. The van der Waals surface area contributed by atoms with Gasteiger partial charge in [-0.25, -0.2) is 4.68 Å². The summed E-state index contributed by atoms with van der Waals surface area (Å²) < 4.78 is 1.94. The molecular formula is C22H25N5OS. The van der Waals surface area contributed by atoms with E-state index in [1.54, 1.807) is 0 Å². The van der Waals surface area contributed by atoms with Gasteiger partial charge >= 0.3 is 0 Å². The van der Waals surface area contributed by atoms with E-state index in [1.165, 1.54) is 17.3 Å². The third kappa shape index (κ3) is 4.15. The third-order valence-corrected chi connectivity index (χ3v) is 6.17. The molecule has 0 spiro atoms. The summed E-state index contributed by atoms with van der Waals surface area (Å²) in [4.78, 5) is 13.2. The average Bonchev–Trinajstić information content (AvgIpc) is 3.10. The smallest absolute Gasteiger partial charge is 0.240 e. The molecule has 0 saturated carbocycles. The van der Waals surface area contributed by atoms with E-state index in [2.05, 4.69) is 59.1 Å². The molecule has 1 amide bonds. The Morgan fingerprint density at radius 2 is 1.93 bits per heavy atom. The molecular weight excluding hydrogens is 382 g/mol. The number of aromatic nitrogens is 3. The molecule has 3 aromatic rings. The van der Waals surface area contributed by atoms with Crippen molar-refractivity contribution in [2.45, 2.75) is 50.1 Å². The highest BCUT2D eigenvalue weighted by molar-refractivity contribution is 8.00. The number of fused-ring (bicyclic) bond motifs is 1. The van der Waals surface area contributed by atoms with Crippen LogP contribution in [0.3, 0.4) is 0 Å². The maximum Gasteiger partial charge on any atom is 0.240 e. The molecule has 0 saturated heterocycles. The molecule has 0 radical (unpaired) electrons. The van der Waals surface area contributed by atoms with E-state index in [4.69, 9.17) is 0 Å². The topological polar surface area (TPSA) is 71.8 Å². The zero-order chi connectivity index (χ0) is 20.4. The van der Waals surface area contributed by atoms with Crippen LogP contribution in [0.5, 0.6) is 0 Å². The molecule has 2 atom stereocenters. The van der Waals surface area contributed by atoms with Gasteiger partial charge in [-0.15, -0.1) is 10.2 Å². The first-order chi connectivity index (χ1) is 14.0. The first-order valence-corrected chi connectivity index (χ1v) is 10.7. The van der Waals surface area contributed by atoms with E-state index in [0.717, 1.165) is 40.6 Å². The predicted octanol–water partition coefficient (Wildman–Crippen LogP) is 4.25. The van der Waals surface area contributed by atoms with Gasteiger partial charge in [0.1, 0.15) is 5.25 Å². The molecule has 150 valence electrons. The predicted molar refractivity (Wildman–Crippen MR) is 117 cm³/mol. The van der Waals surface area contributed by atoms with Crippen molar-refractivity contribution in [2.75, 3.05) is 10.7 Å².